The molecule has 27 heavy (non-hydrogen) atoms. The van der Waals surface area contributed by atoms with Crippen LogP contribution in [0.15, 0.2) is 60.3 Å². The standard InChI is InChI=1S/C21H22N4O2/c1-16-13-19(26)7-8-20(16)23-21(27)17(14-22)15-24-9-11-25(12-10-24)18-5-3-2-4-6-18/h2-8,13,15,26H,9-12H2,1H3,(H,23,27)/b17-15-. The van der Waals surface area contributed by atoms with Crippen molar-refractivity contribution in [2.45, 2.75) is 6.92 Å². The van der Waals surface area contributed by atoms with Gasteiger partial charge in [-0.15, -0.1) is 0 Å². The number of benzene rings is 2. The van der Waals surface area contributed by atoms with Crippen LogP contribution in [0.2, 0.25) is 0 Å². The lowest BCUT2D eigenvalue weighted by atomic mass is 10.1. The van der Waals surface area contributed by atoms with E-state index in [0.29, 0.717) is 5.69 Å². The third kappa shape index (κ3) is 4.59. The third-order valence-corrected chi connectivity index (χ3v) is 4.57. The van der Waals surface area contributed by atoms with E-state index >= 15 is 0 Å². The second kappa shape index (κ2) is 8.28. The Labute approximate surface area is 158 Å². The van der Waals surface area contributed by atoms with Crippen molar-refractivity contribution >= 4 is 17.3 Å². The molecule has 0 spiro atoms. The number of hydrogen-bond donors (Lipinski definition) is 2. The smallest absolute Gasteiger partial charge is 0.267 e. The lowest BCUT2D eigenvalue weighted by molar-refractivity contribution is -0.112. The fourth-order valence-electron chi connectivity index (χ4n) is 3.05. The van der Waals surface area contributed by atoms with Crippen molar-refractivity contribution in [1.29, 1.82) is 5.26 Å². The van der Waals surface area contributed by atoms with Gasteiger partial charge >= 0.3 is 0 Å². The summed E-state index contributed by atoms with van der Waals surface area (Å²) < 4.78 is 0. The van der Waals surface area contributed by atoms with Crippen molar-refractivity contribution in [3.05, 3.63) is 65.9 Å². The van der Waals surface area contributed by atoms with Gasteiger partial charge in [0.1, 0.15) is 17.4 Å². The number of amides is 1. The van der Waals surface area contributed by atoms with Gasteiger partial charge in [-0.2, -0.15) is 5.26 Å². The second-order valence-corrected chi connectivity index (χ2v) is 6.47. The van der Waals surface area contributed by atoms with Crippen molar-refractivity contribution in [1.82, 2.24) is 4.90 Å². The molecule has 0 saturated carbocycles. The van der Waals surface area contributed by atoms with E-state index in [1.54, 1.807) is 25.3 Å². The Morgan fingerprint density at radius 3 is 2.48 bits per heavy atom. The van der Waals surface area contributed by atoms with Gasteiger partial charge in [0.25, 0.3) is 5.91 Å². The molecule has 3 rings (SSSR count). The van der Waals surface area contributed by atoms with Crippen LogP contribution in [0.4, 0.5) is 11.4 Å². The Morgan fingerprint density at radius 1 is 1.15 bits per heavy atom. The number of nitrogens with one attached hydrogen (secondary N) is 1. The number of aryl methyl sites for hydroxylation is 1. The largest absolute Gasteiger partial charge is 0.508 e. The number of hydrogen-bond acceptors (Lipinski definition) is 5. The number of aromatic hydroxyl groups is 1. The van der Waals surface area contributed by atoms with E-state index in [4.69, 9.17) is 0 Å². The predicted molar refractivity (Wildman–Crippen MR) is 105 cm³/mol. The van der Waals surface area contributed by atoms with Crippen LogP contribution in [0.3, 0.4) is 0 Å². The number of carbonyl (C=O) groups excluding carboxylic acids is 1. The van der Waals surface area contributed by atoms with Crippen LogP contribution < -0.4 is 10.2 Å². The number of rotatable bonds is 4. The Balaban J connectivity index is 1.63. The maximum Gasteiger partial charge on any atom is 0.267 e. The molecule has 1 heterocycles. The van der Waals surface area contributed by atoms with E-state index in [0.717, 1.165) is 31.7 Å². The minimum Gasteiger partial charge on any atom is -0.508 e. The van der Waals surface area contributed by atoms with Gasteiger partial charge in [0, 0.05) is 43.8 Å². The number of anilines is 2. The summed E-state index contributed by atoms with van der Waals surface area (Å²) in [5, 5.41) is 21.6. The van der Waals surface area contributed by atoms with Gasteiger partial charge in [0.2, 0.25) is 0 Å². The van der Waals surface area contributed by atoms with Crippen molar-refractivity contribution < 1.29 is 9.90 Å². The minimum atomic E-state index is -0.447. The van der Waals surface area contributed by atoms with Crippen molar-refractivity contribution in [3.8, 4) is 11.8 Å². The molecular weight excluding hydrogens is 340 g/mol. The Kier molecular flexibility index (Phi) is 5.62. The summed E-state index contributed by atoms with van der Waals surface area (Å²) in [6, 6.07) is 16.9. The molecule has 2 N–H and O–H groups in total. The monoisotopic (exact) mass is 362 g/mol. The van der Waals surface area contributed by atoms with Crippen LogP contribution in [-0.4, -0.2) is 42.1 Å². The number of piperazine rings is 1. The zero-order valence-corrected chi connectivity index (χ0v) is 15.2. The first-order chi connectivity index (χ1) is 13.1. The molecule has 1 saturated heterocycles. The maximum atomic E-state index is 12.4. The molecule has 2 aromatic rings. The van der Waals surface area contributed by atoms with Gasteiger partial charge in [0.15, 0.2) is 0 Å². The summed E-state index contributed by atoms with van der Waals surface area (Å²) in [4.78, 5) is 16.7. The van der Waals surface area contributed by atoms with Crippen LogP contribution in [0.25, 0.3) is 0 Å². The van der Waals surface area contributed by atoms with Gasteiger partial charge in [-0.05, 0) is 42.8 Å². The molecule has 1 fully saturated rings. The fourth-order valence-corrected chi connectivity index (χ4v) is 3.05. The van der Waals surface area contributed by atoms with E-state index in [-0.39, 0.29) is 11.3 Å². The number of nitriles is 1. The zero-order valence-electron chi connectivity index (χ0n) is 15.2. The topological polar surface area (TPSA) is 79.6 Å². The van der Waals surface area contributed by atoms with Crippen LogP contribution in [0, 0.1) is 18.3 Å². The minimum absolute atomic E-state index is 0.0654. The molecule has 0 aromatic heterocycles. The quantitative estimate of drug-likeness (QED) is 0.497. The van der Waals surface area contributed by atoms with Crippen molar-refractivity contribution in [3.63, 3.8) is 0 Å². The molecule has 6 heteroatoms. The molecule has 1 amide bonds. The molecule has 2 aromatic carbocycles. The third-order valence-electron chi connectivity index (χ3n) is 4.57. The first kappa shape index (κ1) is 18.3. The second-order valence-electron chi connectivity index (χ2n) is 6.47. The molecule has 1 aliphatic rings. The summed E-state index contributed by atoms with van der Waals surface area (Å²) in [6.45, 7) is 4.93. The number of nitrogens with zero attached hydrogens (tertiary/aromatic N) is 3. The molecule has 0 aliphatic carbocycles. The van der Waals surface area contributed by atoms with E-state index in [2.05, 4.69) is 22.3 Å². The van der Waals surface area contributed by atoms with Gasteiger partial charge in [-0.3, -0.25) is 4.79 Å². The average molecular weight is 362 g/mol. The molecule has 0 unspecified atom stereocenters. The highest BCUT2D eigenvalue weighted by Crippen LogP contribution is 2.21. The number of phenolic OH excluding ortho intramolecular Hbond substituents is 1. The molecule has 1 aliphatic heterocycles. The summed E-state index contributed by atoms with van der Waals surface area (Å²) in [5.74, 6) is -0.311. The van der Waals surface area contributed by atoms with Gasteiger partial charge in [-0.1, -0.05) is 18.2 Å². The summed E-state index contributed by atoms with van der Waals surface area (Å²) in [7, 11) is 0. The maximum absolute atomic E-state index is 12.4. The normalized spacial score (nSPS) is 14.6. The van der Waals surface area contributed by atoms with Crippen molar-refractivity contribution in [2.24, 2.45) is 0 Å². The van der Waals surface area contributed by atoms with Crippen molar-refractivity contribution in [2.75, 3.05) is 36.4 Å². The molecule has 0 atom stereocenters. The molecule has 6 nitrogen and oxygen atoms in total. The van der Waals surface area contributed by atoms with Gasteiger partial charge in [-0.25, -0.2) is 0 Å². The van der Waals surface area contributed by atoms with Crippen LogP contribution in [0.5, 0.6) is 5.75 Å². The summed E-state index contributed by atoms with van der Waals surface area (Å²) >= 11 is 0. The lowest BCUT2D eigenvalue weighted by Crippen LogP contribution is -2.44. The predicted octanol–water partition coefficient (Wildman–Crippen LogP) is 2.87. The highest BCUT2D eigenvalue weighted by molar-refractivity contribution is 6.06. The number of para-hydroxylation sites is 1. The van der Waals surface area contributed by atoms with Gasteiger partial charge < -0.3 is 20.2 Å². The van der Waals surface area contributed by atoms with E-state index in [1.807, 2.05) is 29.2 Å². The fraction of sp³-hybridized carbons (Fsp3) is 0.238. The SMILES string of the molecule is Cc1cc(O)ccc1NC(=O)/C(C#N)=C\N1CCN(c2ccccc2)CC1. The van der Waals surface area contributed by atoms with E-state index in [1.165, 1.54) is 11.8 Å². The van der Waals surface area contributed by atoms with Gasteiger partial charge in [0.05, 0.1) is 0 Å². The summed E-state index contributed by atoms with van der Waals surface area (Å²) in [5.41, 5.74) is 2.56. The average Bonchev–Trinajstić information content (AvgIpc) is 2.69. The first-order valence-electron chi connectivity index (χ1n) is 8.84. The molecule has 0 radical (unpaired) electrons. The van der Waals surface area contributed by atoms with E-state index in [9.17, 15) is 15.2 Å². The Bertz CT molecular complexity index is 879. The highest BCUT2D eigenvalue weighted by Gasteiger charge is 2.18. The van der Waals surface area contributed by atoms with Crippen LogP contribution in [-0.2, 0) is 4.79 Å². The molecule has 0 bridgehead atoms. The summed E-state index contributed by atoms with van der Waals surface area (Å²) in [6.07, 6.45) is 1.63. The zero-order chi connectivity index (χ0) is 19.2. The van der Waals surface area contributed by atoms with Crippen LogP contribution in [0.1, 0.15) is 5.56 Å². The Hall–Kier alpha value is -3.46. The highest BCUT2D eigenvalue weighted by atomic mass is 16.3. The Morgan fingerprint density at radius 2 is 1.85 bits per heavy atom. The van der Waals surface area contributed by atoms with Crippen LogP contribution >= 0.6 is 0 Å². The number of phenols is 1. The molecular formula is C21H22N4O2. The molecule has 138 valence electrons. The van der Waals surface area contributed by atoms with E-state index < -0.39 is 5.91 Å². The number of carbonyl (C=O) groups is 1. The lowest BCUT2D eigenvalue weighted by Gasteiger charge is -2.35. The first-order valence-corrected chi connectivity index (χ1v) is 8.84.